The average molecular weight is 475 g/mol. The van der Waals surface area contributed by atoms with Gasteiger partial charge in [-0.2, -0.15) is 0 Å². The van der Waals surface area contributed by atoms with Gasteiger partial charge in [-0.3, -0.25) is 19.3 Å². The van der Waals surface area contributed by atoms with Crippen molar-refractivity contribution in [2.45, 2.75) is 26.4 Å². The second-order valence-corrected chi connectivity index (χ2v) is 8.47. The number of halogens is 1. The van der Waals surface area contributed by atoms with E-state index in [4.69, 9.17) is 21.1 Å². The first-order valence-corrected chi connectivity index (χ1v) is 11.2. The Bertz CT molecular complexity index is 1050. The molecular weight excluding hydrogens is 452 g/mol. The van der Waals surface area contributed by atoms with Crippen molar-refractivity contribution in [1.29, 1.82) is 0 Å². The standard InChI is InChI=1S/C23H23ClN2O5S/c1-4-14(2)31-19-10-5-15(11-18(19)24)12-20-22(28)26(23(29)32-20)13-21(27)25-16-6-8-17(30-3)9-7-16/h5-12,14H,4,13H2,1-3H3,(H,25,27)/b20-12+/t14-/m1/s1. The van der Waals surface area contributed by atoms with Gasteiger partial charge in [-0.25, -0.2) is 0 Å². The minimum absolute atomic E-state index is 0.0268. The van der Waals surface area contributed by atoms with E-state index in [1.165, 1.54) is 0 Å². The van der Waals surface area contributed by atoms with Crippen molar-refractivity contribution >= 4 is 52.2 Å². The fourth-order valence-corrected chi connectivity index (χ4v) is 3.88. The molecule has 168 valence electrons. The van der Waals surface area contributed by atoms with E-state index in [1.807, 2.05) is 13.8 Å². The first-order valence-electron chi connectivity index (χ1n) is 9.96. The second kappa shape index (κ2) is 10.6. The molecule has 0 spiro atoms. The van der Waals surface area contributed by atoms with Crippen LogP contribution in [0.4, 0.5) is 10.5 Å². The van der Waals surface area contributed by atoms with Gasteiger partial charge in [0, 0.05) is 5.69 Å². The average Bonchev–Trinajstić information content (AvgIpc) is 3.03. The van der Waals surface area contributed by atoms with Crippen LogP contribution < -0.4 is 14.8 Å². The number of methoxy groups -OCH3 is 1. The van der Waals surface area contributed by atoms with E-state index in [0.717, 1.165) is 23.1 Å². The second-order valence-electron chi connectivity index (χ2n) is 7.07. The number of hydrogen-bond donors (Lipinski definition) is 1. The van der Waals surface area contributed by atoms with Gasteiger partial charge in [-0.15, -0.1) is 0 Å². The summed E-state index contributed by atoms with van der Waals surface area (Å²) in [6.07, 6.45) is 2.45. The molecule has 0 aromatic heterocycles. The van der Waals surface area contributed by atoms with Gasteiger partial charge in [0.15, 0.2) is 0 Å². The zero-order valence-corrected chi connectivity index (χ0v) is 19.5. The quantitative estimate of drug-likeness (QED) is 0.529. The Balaban J connectivity index is 1.66. The zero-order valence-electron chi connectivity index (χ0n) is 17.9. The number of hydrogen-bond acceptors (Lipinski definition) is 6. The highest BCUT2D eigenvalue weighted by atomic mass is 35.5. The van der Waals surface area contributed by atoms with Crippen LogP contribution in [0.5, 0.6) is 11.5 Å². The van der Waals surface area contributed by atoms with Gasteiger partial charge in [0.05, 0.1) is 23.1 Å². The van der Waals surface area contributed by atoms with Crippen LogP contribution in [0, 0.1) is 0 Å². The number of nitrogens with zero attached hydrogens (tertiary/aromatic N) is 1. The Morgan fingerprint density at radius 3 is 2.56 bits per heavy atom. The predicted molar refractivity (Wildman–Crippen MR) is 126 cm³/mol. The minimum atomic E-state index is -0.527. The number of carbonyl (C=O) groups is 3. The molecule has 1 saturated heterocycles. The number of anilines is 1. The molecule has 9 heteroatoms. The van der Waals surface area contributed by atoms with Gasteiger partial charge in [0.1, 0.15) is 18.0 Å². The van der Waals surface area contributed by atoms with Gasteiger partial charge in [0.2, 0.25) is 5.91 Å². The molecule has 0 aliphatic carbocycles. The van der Waals surface area contributed by atoms with E-state index in [9.17, 15) is 14.4 Å². The topological polar surface area (TPSA) is 84.9 Å². The molecular formula is C23H23ClN2O5S. The number of nitrogens with one attached hydrogen (secondary N) is 1. The number of rotatable bonds is 8. The molecule has 32 heavy (non-hydrogen) atoms. The summed E-state index contributed by atoms with van der Waals surface area (Å²) in [5.74, 6) is 0.203. The van der Waals surface area contributed by atoms with Gasteiger partial charge in [0.25, 0.3) is 11.1 Å². The fourth-order valence-electron chi connectivity index (χ4n) is 2.81. The molecule has 2 aromatic rings. The molecule has 1 atom stereocenters. The van der Waals surface area contributed by atoms with Crippen LogP contribution in [0.1, 0.15) is 25.8 Å². The number of benzene rings is 2. The summed E-state index contributed by atoms with van der Waals surface area (Å²) in [4.78, 5) is 38.5. The lowest BCUT2D eigenvalue weighted by Crippen LogP contribution is -2.36. The SMILES string of the molecule is CC[C@@H](C)Oc1ccc(/C=C2/SC(=O)N(CC(=O)Nc3ccc(OC)cc3)C2=O)cc1Cl. The number of ether oxygens (including phenoxy) is 2. The normalized spacial score (nSPS) is 15.8. The third-order valence-electron chi connectivity index (χ3n) is 4.71. The Labute approximate surface area is 195 Å². The highest BCUT2D eigenvalue weighted by Crippen LogP contribution is 2.34. The monoisotopic (exact) mass is 474 g/mol. The van der Waals surface area contributed by atoms with Crippen LogP contribution in [0.2, 0.25) is 5.02 Å². The maximum Gasteiger partial charge on any atom is 0.294 e. The van der Waals surface area contributed by atoms with Crippen molar-refractivity contribution in [3.05, 3.63) is 58.0 Å². The molecule has 7 nitrogen and oxygen atoms in total. The summed E-state index contributed by atoms with van der Waals surface area (Å²) < 4.78 is 10.8. The molecule has 1 fully saturated rings. The Hall–Kier alpha value is -2.97. The van der Waals surface area contributed by atoms with Crippen LogP contribution in [0.15, 0.2) is 47.4 Å². The predicted octanol–water partition coefficient (Wildman–Crippen LogP) is 5.20. The van der Waals surface area contributed by atoms with E-state index < -0.39 is 17.1 Å². The van der Waals surface area contributed by atoms with Gasteiger partial charge in [-0.1, -0.05) is 24.6 Å². The van der Waals surface area contributed by atoms with Crippen molar-refractivity contribution in [2.75, 3.05) is 19.0 Å². The van der Waals surface area contributed by atoms with Crippen molar-refractivity contribution in [1.82, 2.24) is 4.90 Å². The molecule has 0 unspecified atom stereocenters. The molecule has 3 amide bonds. The number of carbonyl (C=O) groups excluding carboxylic acids is 3. The van der Waals surface area contributed by atoms with Crippen molar-refractivity contribution < 1.29 is 23.9 Å². The van der Waals surface area contributed by atoms with Crippen LogP contribution in [0.3, 0.4) is 0 Å². The third-order valence-corrected chi connectivity index (χ3v) is 5.91. The van der Waals surface area contributed by atoms with E-state index in [-0.39, 0.29) is 17.6 Å². The van der Waals surface area contributed by atoms with Crippen molar-refractivity contribution in [3.63, 3.8) is 0 Å². The van der Waals surface area contributed by atoms with E-state index in [2.05, 4.69) is 5.32 Å². The molecule has 3 rings (SSSR count). The largest absolute Gasteiger partial charge is 0.497 e. The summed E-state index contributed by atoms with van der Waals surface area (Å²) in [7, 11) is 1.55. The minimum Gasteiger partial charge on any atom is -0.497 e. The maximum atomic E-state index is 12.7. The van der Waals surface area contributed by atoms with Crippen molar-refractivity contribution in [3.8, 4) is 11.5 Å². The highest BCUT2D eigenvalue weighted by Gasteiger charge is 2.36. The van der Waals surface area contributed by atoms with E-state index >= 15 is 0 Å². The van der Waals surface area contributed by atoms with Crippen LogP contribution >= 0.6 is 23.4 Å². The smallest absolute Gasteiger partial charge is 0.294 e. The fraction of sp³-hybridized carbons (Fsp3) is 0.261. The maximum absolute atomic E-state index is 12.7. The first-order chi connectivity index (χ1) is 15.3. The lowest BCUT2D eigenvalue weighted by atomic mass is 10.2. The number of imide groups is 1. The Morgan fingerprint density at radius 2 is 1.94 bits per heavy atom. The highest BCUT2D eigenvalue weighted by molar-refractivity contribution is 8.18. The molecule has 1 N–H and O–H groups in total. The Morgan fingerprint density at radius 1 is 1.22 bits per heavy atom. The van der Waals surface area contributed by atoms with Crippen molar-refractivity contribution in [2.24, 2.45) is 0 Å². The van der Waals surface area contributed by atoms with Gasteiger partial charge >= 0.3 is 0 Å². The molecule has 0 bridgehead atoms. The molecule has 1 aliphatic rings. The lowest BCUT2D eigenvalue weighted by Gasteiger charge is -2.14. The Kier molecular flexibility index (Phi) is 7.82. The first kappa shape index (κ1) is 23.7. The molecule has 1 aliphatic heterocycles. The van der Waals surface area contributed by atoms with E-state index in [1.54, 1.807) is 55.7 Å². The summed E-state index contributed by atoms with van der Waals surface area (Å²) >= 11 is 7.07. The van der Waals surface area contributed by atoms with Crippen LogP contribution in [-0.4, -0.2) is 41.7 Å². The summed E-state index contributed by atoms with van der Waals surface area (Å²) in [5, 5.41) is 2.57. The summed E-state index contributed by atoms with van der Waals surface area (Å²) in [5.41, 5.74) is 1.19. The third kappa shape index (κ3) is 5.83. The molecule has 0 radical (unpaired) electrons. The van der Waals surface area contributed by atoms with Crippen LogP contribution in [-0.2, 0) is 9.59 Å². The lowest BCUT2D eigenvalue weighted by molar-refractivity contribution is -0.127. The zero-order chi connectivity index (χ0) is 23.3. The molecule has 2 aromatic carbocycles. The molecule has 1 heterocycles. The van der Waals surface area contributed by atoms with Gasteiger partial charge < -0.3 is 14.8 Å². The number of thioether (sulfide) groups is 1. The van der Waals surface area contributed by atoms with Crippen LogP contribution in [0.25, 0.3) is 6.08 Å². The number of amides is 3. The van der Waals surface area contributed by atoms with E-state index in [0.29, 0.717) is 27.8 Å². The summed E-state index contributed by atoms with van der Waals surface area (Å²) in [6, 6.07) is 11.9. The molecule has 0 saturated carbocycles. The van der Waals surface area contributed by atoms with Gasteiger partial charge in [-0.05, 0) is 73.1 Å². The summed E-state index contributed by atoms with van der Waals surface area (Å²) in [6.45, 7) is 3.59.